The number of aromatic nitrogens is 2. The van der Waals surface area contributed by atoms with Crippen molar-refractivity contribution in [2.75, 3.05) is 13.7 Å². The molecule has 3 rings (SSSR count). The van der Waals surface area contributed by atoms with Crippen LogP contribution < -0.4 is 22.3 Å². The number of carbonyl (C=O) groups excluding carboxylic acids is 1. The summed E-state index contributed by atoms with van der Waals surface area (Å²) in [4.78, 5) is 39.0. The molecule has 4 atom stereocenters. The van der Waals surface area contributed by atoms with Gasteiger partial charge in [0, 0.05) is 31.8 Å². The summed E-state index contributed by atoms with van der Waals surface area (Å²) >= 11 is 0. The molecule has 3 N–H and O–H groups in total. The van der Waals surface area contributed by atoms with Gasteiger partial charge in [0.1, 0.15) is 12.2 Å². The van der Waals surface area contributed by atoms with Gasteiger partial charge in [0.15, 0.2) is 28.5 Å². The molecule has 1 aromatic heterocycles. The van der Waals surface area contributed by atoms with Gasteiger partial charge >= 0.3 is 5.69 Å². The van der Waals surface area contributed by atoms with Crippen LogP contribution >= 0.6 is 0 Å². The Balaban J connectivity index is 2.22. The third-order valence-corrected chi connectivity index (χ3v) is 20.0. The van der Waals surface area contributed by atoms with Crippen LogP contribution in [0.4, 0.5) is 0 Å². The fourth-order valence-electron chi connectivity index (χ4n) is 5.03. The number of amides is 1. The molecule has 1 aromatic rings. The standard InChI is InChI=1S/C30H54N4O9SSi2/c1-20-17-34(27(37)33(25(20)36)16-14-13-15-23(35)32-8)26-24(42-46(11,12)29(5,6)7)30(21(31)19-44(38,39)43-30)22(41-26)18-40-45(9,10)28(2,3)4/h17,19,22,24,26H,13-16,18,31H2,1-12H3,(H,32,35)/t22-,24+,26-,30?/m1/s1. The lowest BCUT2D eigenvalue weighted by molar-refractivity contribution is -0.120. The zero-order valence-electron chi connectivity index (χ0n) is 29.5. The molecule has 13 nitrogen and oxygen atoms in total. The van der Waals surface area contributed by atoms with Gasteiger partial charge < -0.3 is 24.6 Å². The predicted molar refractivity (Wildman–Crippen MR) is 182 cm³/mol. The van der Waals surface area contributed by atoms with Gasteiger partial charge in [-0.25, -0.2) is 8.98 Å². The van der Waals surface area contributed by atoms with E-state index in [9.17, 15) is 22.8 Å². The van der Waals surface area contributed by atoms with Gasteiger partial charge in [-0.15, -0.1) is 0 Å². The molecular weight excluding hydrogens is 649 g/mol. The average Bonchev–Trinajstić information content (AvgIpc) is 3.33. The highest BCUT2D eigenvalue weighted by atomic mass is 32.2. The molecule has 3 heterocycles. The molecule has 1 fully saturated rings. The topological polar surface area (TPSA) is 170 Å². The lowest BCUT2D eigenvalue weighted by Crippen LogP contribution is -2.59. The minimum atomic E-state index is -4.24. The lowest BCUT2D eigenvalue weighted by atomic mass is 9.89. The molecule has 1 spiro atoms. The molecule has 262 valence electrons. The van der Waals surface area contributed by atoms with E-state index in [0.717, 1.165) is 9.98 Å². The Kier molecular flexibility index (Phi) is 10.9. The van der Waals surface area contributed by atoms with Crippen LogP contribution in [-0.4, -0.2) is 71.6 Å². The summed E-state index contributed by atoms with van der Waals surface area (Å²) in [6.45, 7) is 22.1. The molecule has 1 unspecified atom stereocenters. The van der Waals surface area contributed by atoms with E-state index in [1.54, 1.807) is 14.0 Å². The van der Waals surface area contributed by atoms with E-state index in [4.69, 9.17) is 23.5 Å². The summed E-state index contributed by atoms with van der Waals surface area (Å²) in [6.07, 6.45) is -0.931. The Morgan fingerprint density at radius 2 is 1.65 bits per heavy atom. The number of ether oxygens (including phenoxy) is 1. The number of nitrogens with zero attached hydrogens (tertiary/aromatic N) is 2. The first-order valence-corrected chi connectivity index (χ1v) is 23.0. The lowest BCUT2D eigenvalue weighted by Gasteiger charge is -2.43. The molecule has 46 heavy (non-hydrogen) atoms. The smallest absolute Gasteiger partial charge is 0.333 e. The van der Waals surface area contributed by atoms with Crippen LogP contribution in [0.3, 0.4) is 0 Å². The van der Waals surface area contributed by atoms with Gasteiger partial charge in [-0.2, -0.15) is 8.42 Å². The number of carbonyl (C=O) groups is 1. The summed E-state index contributed by atoms with van der Waals surface area (Å²) in [6, 6.07) is 0. The van der Waals surface area contributed by atoms with E-state index in [1.807, 2.05) is 33.9 Å². The summed E-state index contributed by atoms with van der Waals surface area (Å²) in [5.74, 6) is -0.132. The van der Waals surface area contributed by atoms with Gasteiger partial charge in [0.05, 0.1) is 17.7 Å². The molecule has 2 aliphatic rings. The Morgan fingerprint density at radius 3 is 2.15 bits per heavy atom. The van der Waals surface area contributed by atoms with Crippen molar-refractivity contribution < 1.29 is 31.0 Å². The minimum Gasteiger partial charge on any atom is -0.414 e. The zero-order valence-corrected chi connectivity index (χ0v) is 32.3. The summed E-state index contributed by atoms with van der Waals surface area (Å²) in [7, 11) is -7.79. The Labute approximate surface area is 275 Å². The van der Waals surface area contributed by atoms with Gasteiger partial charge in [-0.1, -0.05) is 41.5 Å². The molecule has 0 saturated carbocycles. The van der Waals surface area contributed by atoms with E-state index in [-0.39, 0.29) is 46.8 Å². The SMILES string of the molecule is CNC(=O)CCCCn1c(=O)c(C)cn([C@@H]2O[C@H](CO[Si](C)(C)C(C)(C)C)C3(OS(=O)(=O)C=C3N)[C@H]2O[Si](C)(C)C(C)(C)C)c1=O. The quantitative estimate of drug-likeness (QED) is 0.198. The third-order valence-electron chi connectivity index (χ3n) is 10.0. The molecule has 1 saturated heterocycles. The van der Waals surface area contributed by atoms with Crippen LogP contribution in [0.25, 0.3) is 0 Å². The van der Waals surface area contributed by atoms with Crippen LogP contribution in [0.2, 0.25) is 36.3 Å². The highest BCUT2D eigenvalue weighted by Crippen LogP contribution is 2.52. The van der Waals surface area contributed by atoms with Crippen molar-refractivity contribution in [2.45, 2.75) is 135 Å². The van der Waals surface area contributed by atoms with Crippen molar-refractivity contribution in [3.05, 3.63) is 43.7 Å². The van der Waals surface area contributed by atoms with Crippen molar-refractivity contribution in [3.8, 4) is 0 Å². The number of aryl methyl sites for hydroxylation is 1. The van der Waals surface area contributed by atoms with Crippen LogP contribution in [0, 0.1) is 6.92 Å². The number of unbranched alkanes of at least 4 members (excludes halogenated alkanes) is 1. The highest BCUT2D eigenvalue weighted by Gasteiger charge is 2.67. The first-order valence-electron chi connectivity index (χ1n) is 15.7. The molecule has 0 bridgehead atoms. The summed E-state index contributed by atoms with van der Waals surface area (Å²) in [5.41, 5.74) is 3.78. The van der Waals surface area contributed by atoms with Crippen molar-refractivity contribution in [1.29, 1.82) is 0 Å². The molecular formula is C30H54N4O9SSi2. The Bertz CT molecular complexity index is 1570. The van der Waals surface area contributed by atoms with E-state index in [0.29, 0.717) is 12.8 Å². The second-order valence-corrected chi connectivity index (χ2v) is 26.4. The number of nitrogens with one attached hydrogen (secondary N) is 1. The van der Waals surface area contributed by atoms with Crippen molar-refractivity contribution in [2.24, 2.45) is 5.73 Å². The fraction of sp³-hybridized carbons (Fsp3) is 0.767. The second kappa shape index (κ2) is 13.1. The summed E-state index contributed by atoms with van der Waals surface area (Å²) < 4.78 is 54.4. The number of rotatable bonds is 11. The van der Waals surface area contributed by atoms with Crippen molar-refractivity contribution in [3.63, 3.8) is 0 Å². The number of nitrogens with two attached hydrogens (primary N) is 1. The normalized spacial score (nSPS) is 25.2. The molecule has 0 aliphatic carbocycles. The third kappa shape index (κ3) is 7.47. The number of hydrogen-bond acceptors (Lipinski definition) is 10. The van der Waals surface area contributed by atoms with Crippen molar-refractivity contribution >= 4 is 32.7 Å². The van der Waals surface area contributed by atoms with Gasteiger partial charge in [0.25, 0.3) is 15.7 Å². The van der Waals surface area contributed by atoms with E-state index < -0.39 is 62.0 Å². The van der Waals surface area contributed by atoms with Crippen LogP contribution in [0.15, 0.2) is 26.9 Å². The van der Waals surface area contributed by atoms with Crippen molar-refractivity contribution in [1.82, 2.24) is 14.5 Å². The molecule has 0 aromatic carbocycles. The van der Waals surface area contributed by atoms with Gasteiger partial charge in [-0.05, 0) is 56.0 Å². The monoisotopic (exact) mass is 702 g/mol. The fourth-order valence-corrected chi connectivity index (χ4v) is 8.54. The molecule has 2 aliphatic heterocycles. The zero-order chi connectivity index (χ0) is 35.3. The molecule has 1 amide bonds. The second-order valence-electron chi connectivity index (χ2n) is 15.4. The van der Waals surface area contributed by atoms with Crippen LogP contribution in [0.1, 0.15) is 72.6 Å². The summed E-state index contributed by atoms with van der Waals surface area (Å²) in [5, 5.41) is 2.95. The molecule has 0 radical (unpaired) electrons. The van der Waals surface area contributed by atoms with Gasteiger partial charge in [0.2, 0.25) is 5.91 Å². The van der Waals surface area contributed by atoms with E-state index in [2.05, 4.69) is 39.2 Å². The van der Waals surface area contributed by atoms with E-state index in [1.165, 1.54) is 10.8 Å². The number of hydrogen-bond donors (Lipinski definition) is 2. The molecule has 16 heteroatoms. The largest absolute Gasteiger partial charge is 0.414 e. The van der Waals surface area contributed by atoms with E-state index >= 15 is 0 Å². The highest BCUT2D eigenvalue weighted by molar-refractivity contribution is 7.90. The van der Waals surface area contributed by atoms with Crippen LogP contribution in [-0.2, 0) is 39.2 Å². The maximum absolute atomic E-state index is 14.1. The minimum absolute atomic E-state index is 0.0682. The average molecular weight is 703 g/mol. The van der Waals surface area contributed by atoms with Crippen LogP contribution in [0.5, 0.6) is 0 Å². The maximum atomic E-state index is 14.1. The van der Waals surface area contributed by atoms with Gasteiger partial charge in [-0.3, -0.25) is 18.7 Å². The predicted octanol–water partition coefficient (Wildman–Crippen LogP) is 3.44. The Hall–Kier alpha value is -2.09. The Morgan fingerprint density at radius 1 is 1.07 bits per heavy atom. The maximum Gasteiger partial charge on any atom is 0.333 e. The first kappa shape index (κ1) is 38.4. The first-order chi connectivity index (χ1) is 20.8.